The van der Waals surface area contributed by atoms with E-state index in [0.717, 1.165) is 173 Å². The monoisotopic (exact) mass is 1400 g/mol. The molecule has 2 aliphatic carbocycles. The summed E-state index contributed by atoms with van der Waals surface area (Å²) in [6, 6.07) is 120. The van der Waals surface area contributed by atoms with Gasteiger partial charge in [-0.3, -0.25) is 9.97 Å². The zero-order valence-corrected chi connectivity index (χ0v) is 59.0. The molecule has 0 N–H and O–H groups in total. The van der Waals surface area contributed by atoms with Gasteiger partial charge in [0.15, 0.2) is 34.9 Å². The van der Waals surface area contributed by atoms with Crippen LogP contribution >= 0.6 is 0 Å². The number of para-hydroxylation sites is 4. The lowest BCUT2D eigenvalue weighted by Gasteiger charge is -2.40. The summed E-state index contributed by atoms with van der Waals surface area (Å²) in [7, 11) is 0. The molecule has 4 aromatic heterocycles. The van der Waals surface area contributed by atoms with Crippen molar-refractivity contribution in [3.8, 4) is 158 Å². The highest BCUT2D eigenvalue weighted by Crippen LogP contribution is 2.66. The van der Waals surface area contributed by atoms with E-state index in [4.69, 9.17) is 39.4 Å². The molecule has 0 radical (unpaired) electrons. The summed E-state index contributed by atoms with van der Waals surface area (Å²) >= 11 is 0. The zero-order valence-electron chi connectivity index (χ0n) is 59.0. The minimum atomic E-state index is -0.818. The van der Waals surface area contributed by atoms with Crippen molar-refractivity contribution in [2.24, 2.45) is 0 Å². The second kappa shape index (κ2) is 25.0. The van der Waals surface area contributed by atoms with Gasteiger partial charge in [0, 0.05) is 97.1 Å². The van der Waals surface area contributed by atoms with Crippen LogP contribution in [0.5, 0.6) is 23.0 Å². The van der Waals surface area contributed by atoms with Gasteiger partial charge in [0.25, 0.3) is 0 Å². The van der Waals surface area contributed by atoms with E-state index in [1.54, 1.807) is 0 Å². The number of hydrogen-bond acceptors (Lipinski definition) is 10. The van der Waals surface area contributed by atoms with Crippen LogP contribution in [-0.4, -0.2) is 39.9 Å². The number of nitrogens with zero attached hydrogens (tertiary/aromatic N) is 8. The Balaban J connectivity index is 0.666. The Morgan fingerprint density at radius 1 is 0.191 bits per heavy atom. The minimum Gasteiger partial charge on any atom is -0.457 e. The fourth-order valence-electron chi connectivity index (χ4n) is 17.5. The van der Waals surface area contributed by atoms with Gasteiger partial charge in [-0.05, 0) is 156 Å². The number of aromatic nitrogens is 8. The van der Waals surface area contributed by atoms with Crippen LogP contribution in [0.1, 0.15) is 44.5 Å². The Labute approximate surface area is 634 Å². The normalized spacial score (nSPS) is 14.1. The standard InChI is InChI=1S/C100H60N8O2/c1-4-20-61(21-5-1)64-26-16-27-70(53-64)95-103-93(62-22-6-2-7-23-62)105-97(107-95)73-45-49-84-80(58-73)78-56-68(75-29-19-51-102-60-75)43-47-83(78)100(84)87-33-12-15-37-91(87)110-92-76(30-17-34-88(92)100)69-40-38-66-54-71(41-39-65(66)52-69)96-104-94(63-24-8-3-9-25-63)106-98(108-96)72-44-48-82-79(57-72)77-55-67(74-28-18-50-101-59-74)42-46-81(77)99(82)85-31-10-13-35-89(85)109-90-36-14-11-32-86(90)99/h1-60H. The summed E-state index contributed by atoms with van der Waals surface area (Å²) in [5, 5.41) is 2.08. The molecule has 18 aromatic rings. The fraction of sp³-hybridized carbons (Fsp3) is 0.0200. The van der Waals surface area contributed by atoms with E-state index in [0.29, 0.717) is 34.9 Å². The van der Waals surface area contributed by atoms with Gasteiger partial charge in [-0.15, -0.1) is 0 Å². The van der Waals surface area contributed by atoms with Gasteiger partial charge >= 0.3 is 0 Å². The minimum absolute atomic E-state index is 0.564. The molecule has 110 heavy (non-hydrogen) atoms. The van der Waals surface area contributed by atoms with Gasteiger partial charge in [0.1, 0.15) is 23.0 Å². The van der Waals surface area contributed by atoms with Crippen molar-refractivity contribution in [3.63, 3.8) is 0 Å². The summed E-state index contributed by atoms with van der Waals surface area (Å²) in [5.41, 5.74) is 25.5. The zero-order chi connectivity index (χ0) is 72.4. The lowest BCUT2D eigenvalue weighted by atomic mass is 9.65. The third-order valence-electron chi connectivity index (χ3n) is 22.5. The number of pyridine rings is 2. The first kappa shape index (κ1) is 62.6. The highest BCUT2D eigenvalue weighted by molar-refractivity contribution is 5.97. The molecule has 1 unspecified atom stereocenters. The van der Waals surface area contributed by atoms with E-state index >= 15 is 0 Å². The van der Waals surface area contributed by atoms with E-state index in [1.165, 1.54) is 5.56 Å². The van der Waals surface area contributed by atoms with Crippen molar-refractivity contribution in [3.05, 3.63) is 409 Å². The highest BCUT2D eigenvalue weighted by Gasteiger charge is 2.53. The molecule has 2 spiro atoms. The van der Waals surface area contributed by atoms with Crippen LogP contribution in [0.3, 0.4) is 0 Å². The molecule has 0 saturated heterocycles. The van der Waals surface area contributed by atoms with Crippen LogP contribution < -0.4 is 9.47 Å². The van der Waals surface area contributed by atoms with Gasteiger partial charge in [-0.1, -0.05) is 267 Å². The Morgan fingerprint density at radius 2 is 0.518 bits per heavy atom. The number of rotatable bonds is 10. The van der Waals surface area contributed by atoms with Crippen LogP contribution in [0.2, 0.25) is 0 Å². The van der Waals surface area contributed by atoms with Gasteiger partial charge in [0.2, 0.25) is 0 Å². The number of benzene rings is 14. The molecule has 0 bridgehead atoms. The molecule has 0 amide bonds. The second-order valence-electron chi connectivity index (χ2n) is 28.5. The van der Waals surface area contributed by atoms with Crippen LogP contribution in [-0.2, 0) is 10.8 Å². The molecule has 10 nitrogen and oxygen atoms in total. The summed E-state index contributed by atoms with van der Waals surface area (Å²) < 4.78 is 14.1. The maximum atomic E-state index is 7.36. The topological polar surface area (TPSA) is 122 Å². The third kappa shape index (κ3) is 9.82. The van der Waals surface area contributed by atoms with Crippen molar-refractivity contribution in [2.75, 3.05) is 0 Å². The van der Waals surface area contributed by atoms with Crippen molar-refractivity contribution in [2.45, 2.75) is 10.8 Å². The SMILES string of the molecule is c1ccc(-c2cccc(-c3nc(-c4ccccc4)nc(-c4ccc5c(c4)-c4cc(-c6cccnc6)ccc4C54c5ccccc5Oc5c(-c6ccc7cc(-c8nc(-c9ccccc9)nc(-c9ccc%10c(c9)-c9cc(-c%11cccnc%11)ccc9C%109c%10ccccc%10Oc%10ccccc%109)n8)ccc7c6)cccc54)n3)c2)cc1. The van der Waals surface area contributed by atoms with Crippen LogP contribution in [0.15, 0.2) is 365 Å². The molecule has 14 aromatic carbocycles. The Kier molecular flexibility index (Phi) is 14.2. The molecule has 0 saturated carbocycles. The van der Waals surface area contributed by atoms with E-state index in [-0.39, 0.29) is 0 Å². The third-order valence-corrected chi connectivity index (χ3v) is 22.5. The predicted octanol–water partition coefficient (Wildman–Crippen LogP) is 23.6. The van der Waals surface area contributed by atoms with Gasteiger partial charge in [-0.25, -0.2) is 29.9 Å². The Bertz CT molecular complexity index is 6750. The first-order chi connectivity index (χ1) is 54.5. The largest absolute Gasteiger partial charge is 0.457 e. The predicted molar refractivity (Wildman–Crippen MR) is 435 cm³/mol. The molecular formula is C100H60N8O2. The van der Waals surface area contributed by atoms with Crippen molar-refractivity contribution in [1.82, 2.24) is 39.9 Å². The molecule has 10 heteroatoms. The van der Waals surface area contributed by atoms with Crippen LogP contribution in [0.4, 0.5) is 0 Å². The van der Waals surface area contributed by atoms with Gasteiger partial charge in [0.05, 0.1) is 10.8 Å². The van der Waals surface area contributed by atoms with Crippen LogP contribution in [0, 0.1) is 0 Å². The second-order valence-corrected chi connectivity index (χ2v) is 28.5. The lowest BCUT2D eigenvalue weighted by Crippen LogP contribution is -2.32. The van der Waals surface area contributed by atoms with Crippen molar-refractivity contribution in [1.29, 1.82) is 0 Å². The van der Waals surface area contributed by atoms with E-state index in [9.17, 15) is 0 Å². The van der Waals surface area contributed by atoms with Crippen molar-refractivity contribution >= 4 is 10.8 Å². The first-order valence-corrected chi connectivity index (χ1v) is 37.0. The average molecular weight is 1410 g/mol. The van der Waals surface area contributed by atoms with Crippen molar-refractivity contribution < 1.29 is 9.47 Å². The fourth-order valence-corrected chi connectivity index (χ4v) is 17.5. The maximum Gasteiger partial charge on any atom is 0.164 e. The average Bonchev–Trinajstić information content (AvgIpc) is 1.50. The molecule has 6 heterocycles. The molecule has 512 valence electrons. The summed E-state index contributed by atoms with van der Waals surface area (Å²) in [4.78, 5) is 41.0. The van der Waals surface area contributed by atoms with Gasteiger partial charge < -0.3 is 9.47 Å². The maximum absolute atomic E-state index is 7.36. The quantitative estimate of drug-likeness (QED) is 0.131. The van der Waals surface area contributed by atoms with E-state index < -0.39 is 10.8 Å². The summed E-state index contributed by atoms with van der Waals surface area (Å²) in [5.74, 6) is 6.71. The van der Waals surface area contributed by atoms with Gasteiger partial charge in [-0.2, -0.15) is 0 Å². The number of fused-ring (bicyclic) bond motifs is 19. The molecular weight excluding hydrogens is 1350 g/mol. The smallest absolute Gasteiger partial charge is 0.164 e. The highest BCUT2D eigenvalue weighted by atomic mass is 16.5. The van der Waals surface area contributed by atoms with E-state index in [1.807, 2.05) is 79.4 Å². The number of hydrogen-bond donors (Lipinski definition) is 0. The summed E-state index contributed by atoms with van der Waals surface area (Å²) in [6.45, 7) is 0. The lowest BCUT2D eigenvalue weighted by molar-refractivity contribution is 0.436. The molecule has 2 aliphatic heterocycles. The Hall–Kier alpha value is -14.7. The van der Waals surface area contributed by atoms with Crippen LogP contribution in [0.25, 0.3) is 146 Å². The Morgan fingerprint density at radius 3 is 1.00 bits per heavy atom. The molecule has 1 atom stereocenters. The summed E-state index contributed by atoms with van der Waals surface area (Å²) in [6.07, 6.45) is 7.50. The molecule has 22 rings (SSSR count). The molecule has 4 aliphatic rings. The first-order valence-electron chi connectivity index (χ1n) is 37.0. The van der Waals surface area contributed by atoms with E-state index in [2.05, 4.69) is 295 Å². The molecule has 0 fully saturated rings. The number of ether oxygens (including phenoxy) is 2.